The summed E-state index contributed by atoms with van der Waals surface area (Å²) in [5.74, 6) is 1.09. The Labute approximate surface area is 117 Å². The van der Waals surface area contributed by atoms with Crippen LogP contribution in [-0.2, 0) is 0 Å². The third kappa shape index (κ3) is 3.12. The van der Waals surface area contributed by atoms with Crippen molar-refractivity contribution in [1.82, 2.24) is 9.97 Å². The highest BCUT2D eigenvalue weighted by Gasteiger charge is 2.22. The lowest BCUT2D eigenvalue weighted by molar-refractivity contribution is 0.102. The monoisotopic (exact) mass is 268 g/mol. The molecule has 102 valence electrons. The average Bonchev–Trinajstić information content (AvgIpc) is 3.23. The van der Waals surface area contributed by atoms with E-state index in [0.717, 1.165) is 24.3 Å². The summed E-state index contributed by atoms with van der Waals surface area (Å²) in [6.45, 7) is 1.79. The van der Waals surface area contributed by atoms with E-state index in [1.807, 2.05) is 30.3 Å². The highest BCUT2D eigenvalue weighted by molar-refractivity contribution is 6.03. The van der Waals surface area contributed by atoms with Crippen LogP contribution in [0.5, 0.6) is 0 Å². The van der Waals surface area contributed by atoms with Crippen LogP contribution in [0.3, 0.4) is 0 Å². The summed E-state index contributed by atoms with van der Waals surface area (Å²) in [5.41, 5.74) is 1.13. The lowest BCUT2D eigenvalue weighted by Crippen LogP contribution is -2.16. The molecule has 1 aliphatic rings. The van der Waals surface area contributed by atoms with Crippen molar-refractivity contribution in [3.63, 3.8) is 0 Å². The fourth-order valence-corrected chi connectivity index (χ4v) is 1.91. The molecule has 0 spiro atoms. The Balaban J connectivity index is 1.78. The lowest BCUT2D eigenvalue weighted by atomic mass is 10.3. The first kappa shape index (κ1) is 12.6. The van der Waals surface area contributed by atoms with Crippen LogP contribution in [-0.4, -0.2) is 21.9 Å². The van der Waals surface area contributed by atoms with Gasteiger partial charge in [-0.25, -0.2) is 9.97 Å². The number of nitrogens with one attached hydrogen (secondary N) is 2. The number of amides is 1. The van der Waals surface area contributed by atoms with Crippen molar-refractivity contribution in [2.24, 2.45) is 0 Å². The van der Waals surface area contributed by atoms with Gasteiger partial charge in [0.05, 0.1) is 0 Å². The van der Waals surface area contributed by atoms with Gasteiger partial charge in [-0.15, -0.1) is 0 Å². The van der Waals surface area contributed by atoms with Crippen molar-refractivity contribution in [2.75, 3.05) is 10.6 Å². The minimum absolute atomic E-state index is 0.222. The summed E-state index contributed by atoms with van der Waals surface area (Å²) in [5, 5.41) is 6.11. The molecule has 0 bridgehead atoms. The Bertz CT molecular complexity index is 623. The number of hydrogen-bond donors (Lipinski definition) is 2. The number of hydrogen-bond acceptors (Lipinski definition) is 4. The Kier molecular flexibility index (Phi) is 3.33. The van der Waals surface area contributed by atoms with E-state index in [-0.39, 0.29) is 5.91 Å². The molecule has 0 atom stereocenters. The van der Waals surface area contributed by atoms with Crippen LogP contribution in [0.2, 0.25) is 0 Å². The molecule has 5 nitrogen and oxygen atoms in total. The van der Waals surface area contributed by atoms with Crippen LogP contribution in [0.4, 0.5) is 11.5 Å². The van der Waals surface area contributed by atoms with Crippen molar-refractivity contribution in [1.29, 1.82) is 0 Å². The summed E-state index contributed by atoms with van der Waals surface area (Å²) in [6.07, 6.45) is 2.32. The van der Waals surface area contributed by atoms with E-state index < -0.39 is 0 Å². The molecule has 1 fully saturated rings. The molecule has 1 aliphatic carbocycles. The second kappa shape index (κ2) is 5.28. The van der Waals surface area contributed by atoms with Crippen molar-refractivity contribution < 1.29 is 4.79 Å². The van der Waals surface area contributed by atoms with Gasteiger partial charge >= 0.3 is 0 Å². The van der Waals surface area contributed by atoms with E-state index in [2.05, 4.69) is 20.6 Å². The molecule has 2 N–H and O–H groups in total. The van der Waals surface area contributed by atoms with Gasteiger partial charge in [-0.1, -0.05) is 18.2 Å². The third-order valence-electron chi connectivity index (χ3n) is 3.03. The van der Waals surface area contributed by atoms with Crippen LogP contribution >= 0.6 is 0 Å². The van der Waals surface area contributed by atoms with Crippen LogP contribution in [0, 0.1) is 6.92 Å². The Morgan fingerprint density at radius 1 is 1.20 bits per heavy atom. The molecule has 0 unspecified atom stereocenters. The summed E-state index contributed by atoms with van der Waals surface area (Å²) < 4.78 is 0. The van der Waals surface area contributed by atoms with E-state index in [0.29, 0.717) is 17.6 Å². The van der Waals surface area contributed by atoms with Crippen LogP contribution < -0.4 is 10.6 Å². The standard InChI is InChI=1S/C15H16N4O/c1-10-16-13(9-14(17-10)18-12-7-8-12)15(20)19-11-5-3-2-4-6-11/h2-6,9,12H,7-8H2,1H3,(H,19,20)(H,16,17,18). The molecule has 1 saturated carbocycles. The molecule has 1 heterocycles. The minimum atomic E-state index is -0.222. The van der Waals surface area contributed by atoms with Gasteiger partial charge in [-0.2, -0.15) is 0 Å². The number of nitrogens with zero attached hydrogens (tertiary/aromatic N) is 2. The van der Waals surface area contributed by atoms with Crippen molar-refractivity contribution in [2.45, 2.75) is 25.8 Å². The van der Waals surface area contributed by atoms with Gasteiger partial charge in [0.15, 0.2) is 0 Å². The Morgan fingerprint density at radius 3 is 2.65 bits per heavy atom. The molecule has 1 amide bonds. The minimum Gasteiger partial charge on any atom is -0.367 e. The number of benzene rings is 1. The molecule has 1 aromatic carbocycles. The number of para-hydroxylation sites is 1. The quantitative estimate of drug-likeness (QED) is 0.894. The maximum Gasteiger partial charge on any atom is 0.274 e. The predicted molar refractivity (Wildman–Crippen MR) is 77.8 cm³/mol. The molecule has 0 aliphatic heterocycles. The van der Waals surface area contributed by atoms with E-state index in [4.69, 9.17) is 0 Å². The first-order valence-corrected chi connectivity index (χ1v) is 6.69. The van der Waals surface area contributed by atoms with Gasteiger partial charge in [0, 0.05) is 17.8 Å². The number of anilines is 2. The zero-order chi connectivity index (χ0) is 13.9. The van der Waals surface area contributed by atoms with E-state index in [1.165, 1.54) is 0 Å². The van der Waals surface area contributed by atoms with E-state index in [9.17, 15) is 4.79 Å². The van der Waals surface area contributed by atoms with Gasteiger partial charge in [-0.3, -0.25) is 4.79 Å². The van der Waals surface area contributed by atoms with Crippen molar-refractivity contribution in [3.05, 3.63) is 47.9 Å². The number of carbonyl (C=O) groups is 1. The van der Waals surface area contributed by atoms with E-state index >= 15 is 0 Å². The van der Waals surface area contributed by atoms with Gasteiger partial charge in [0.2, 0.25) is 0 Å². The second-order valence-corrected chi connectivity index (χ2v) is 4.92. The molecule has 20 heavy (non-hydrogen) atoms. The van der Waals surface area contributed by atoms with Gasteiger partial charge in [0.1, 0.15) is 17.3 Å². The molecule has 0 radical (unpaired) electrons. The maximum absolute atomic E-state index is 12.2. The maximum atomic E-state index is 12.2. The number of aromatic nitrogens is 2. The number of carbonyl (C=O) groups excluding carboxylic acids is 1. The fraction of sp³-hybridized carbons (Fsp3) is 0.267. The molecule has 0 saturated heterocycles. The molecule has 2 aromatic rings. The molecule has 1 aromatic heterocycles. The molecular weight excluding hydrogens is 252 g/mol. The fourth-order valence-electron chi connectivity index (χ4n) is 1.91. The first-order valence-electron chi connectivity index (χ1n) is 6.69. The normalized spacial score (nSPS) is 13.8. The van der Waals surface area contributed by atoms with Crippen LogP contribution in [0.1, 0.15) is 29.2 Å². The molecule has 3 rings (SSSR count). The summed E-state index contributed by atoms with van der Waals surface area (Å²) in [7, 11) is 0. The Hall–Kier alpha value is -2.43. The molecule has 5 heteroatoms. The summed E-state index contributed by atoms with van der Waals surface area (Å²) in [6, 6.07) is 11.5. The molecular formula is C15H16N4O. The van der Waals surface area contributed by atoms with Gasteiger partial charge < -0.3 is 10.6 Å². The van der Waals surface area contributed by atoms with E-state index in [1.54, 1.807) is 13.0 Å². The summed E-state index contributed by atoms with van der Waals surface area (Å²) >= 11 is 0. The zero-order valence-electron chi connectivity index (χ0n) is 11.3. The highest BCUT2D eigenvalue weighted by atomic mass is 16.1. The van der Waals surface area contributed by atoms with Crippen LogP contribution in [0.25, 0.3) is 0 Å². The number of rotatable bonds is 4. The summed E-state index contributed by atoms with van der Waals surface area (Å²) in [4.78, 5) is 20.7. The Morgan fingerprint density at radius 2 is 1.95 bits per heavy atom. The first-order chi connectivity index (χ1) is 9.70. The topological polar surface area (TPSA) is 66.9 Å². The SMILES string of the molecule is Cc1nc(NC2CC2)cc(C(=O)Nc2ccccc2)n1. The zero-order valence-corrected chi connectivity index (χ0v) is 11.3. The van der Waals surface area contributed by atoms with Crippen LogP contribution in [0.15, 0.2) is 36.4 Å². The number of aryl methyl sites for hydroxylation is 1. The largest absolute Gasteiger partial charge is 0.367 e. The lowest BCUT2D eigenvalue weighted by Gasteiger charge is -2.08. The smallest absolute Gasteiger partial charge is 0.274 e. The third-order valence-corrected chi connectivity index (χ3v) is 3.03. The average molecular weight is 268 g/mol. The second-order valence-electron chi connectivity index (χ2n) is 4.92. The predicted octanol–water partition coefficient (Wildman–Crippen LogP) is 2.61. The highest BCUT2D eigenvalue weighted by Crippen LogP contribution is 2.24. The van der Waals surface area contributed by atoms with Gasteiger partial charge in [0.25, 0.3) is 5.91 Å². The van der Waals surface area contributed by atoms with Gasteiger partial charge in [-0.05, 0) is 31.9 Å². The van der Waals surface area contributed by atoms with Crippen molar-refractivity contribution in [3.8, 4) is 0 Å². The van der Waals surface area contributed by atoms with Crippen molar-refractivity contribution >= 4 is 17.4 Å².